The zero-order chi connectivity index (χ0) is 14.5. The Labute approximate surface area is 122 Å². The quantitative estimate of drug-likeness (QED) is 0.507. The largest absolute Gasteiger partial charge is 0.370 e. The lowest BCUT2D eigenvalue weighted by Gasteiger charge is -2.04. The number of nitrogens with one attached hydrogen (secondary N) is 2. The van der Waals surface area contributed by atoms with Gasteiger partial charge in [-0.2, -0.15) is 0 Å². The van der Waals surface area contributed by atoms with Gasteiger partial charge in [0.25, 0.3) is 0 Å². The molecule has 0 atom stereocenters. The minimum atomic E-state index is 0.414. The van der Waals surface area contributed by atoms with Gasteiger partial charge in [-0.3, -0.25) is 4.99 Å². The number of hydrogen-bond acceptors (Lipinski definition) is 2. The van der Waals surface area contributed by atoms with Crippen LogP contribution < -0.4 is 11.1 Å². The molecule has 3 aromatic rings. The molecule has 1 aromatic heterocycles. The second-order valence-corrected chi connectivity index (χ2v) is 4.71. The van der Waals surface area contributed by atoms with E-state index in [1.54, 1.807) is 0 Å². The summed E-state index contributed by atoms with van der Waals surface area (Å²) in [6, 6.07) is 17.7. The number of nitrogens with zero attached hydrogens (tertiary/aromatic N) is 2. The monoisotopic (exact) mass is 279 g/mol. The minimum Gasteiger partial charge on any atom is -0.370 e. The maximum Gasteiger partial charge on any atom is 0.193 e. The summed E-state index contributed by atoms with van der Waals surface area (Å²) in [6.45, 7) is 0.589. The van der Waals surface area contributed by atoms with E-state index in [0.717, 1.165) is 29.0 Å². The number of imidazole rings is 1. The topological polar surface area (TPSA) is 79.1 Å². The predicted molar refractivity (Wildman–Crippen MR) is 86.4 cm³/mol. The number of guanidine groups is 1. The molecule has 0 aliphatic rings. The van der Waals surface area contributed by atoms with Gasteiger partial charge in [0.05, 0.1) is 11.0 Å². The Balaban J connectivity index is 1.58. The first-order chi connectivity index (χ1) is 10.3. The fourth-order valence-corrected chi connectivity index (χ4v) is 2.12. The second-order valence-electron chi connectivity index (χ2n) is 4.71. The Kier molecular flexibility index (Phi) is 3.82. The summed E-state index contributed by atoms with van der Waals surface area (Å²) >= 11 is 0. The van der Waals surface area contributed by atoms with Crippen molar-refractivity contribution in [2.24, 2.45) is 10.7 Å². The third kappa shape index (κ3) is 3.39. The number of anilines is 1. The van der Waals surface area contributed by atoms with Crippen LogP contribution in [0.4, 0.5) is 5.69 Å². The average molecular weight is 279 g/mol. The van der Waals surface area contributed by atoms with Gasteiger partial charge in [0, 0.05) is 18.7 Å². The molecule has 4 N–H and O–H groups in total. The van der Waals surface area contributed by atoms with Gasteiger partial charge in [-0.15, -0.1) is 0 Å². The molecule has 0 fully saturated rings. The standard InChI is InChI=1S/C16H17N5/c17-16(19-12-6-2-1-3-7-12)18-11-10-15-20-13-8-4-5-9-14(13)21-15/h1-9H,10-11H2,(H,20,21)(H3,17,18,19). The van der Waals surface area contributed by atoms with E-state index < -0.39 is 0 Å². The Morgan fingerprint density at radius 1 is 1.10 bits per heavy atom. The van der Waals surface area contributed by atoms with E-state index in [0.29, 0.717) is 12.5 Å². The molecule has 0 spiro atoms. The summed E-state index contributed by atoms with van der Waals surface area (Å²) in [5.74, 6) is 1.34. The number of benzene rings is 2. The van der Waals surface area contributed by atoms with Crippen LogP contribution in [-0.2, 0) is 6.42 Å². The van der Waals surface area contributed by atoms with Crippen LogP contribution in [0.1, 0.15) is 5.82 Å². The van der Waals surface area contributed by atoms with Gasteiger partial charge in [-0.1, -0.05) is 30.3 Å². The minimum absolute atomic E-state index is 0.414. The van der Waals surface area contributed by atoms with E-state index in [2.05, 4.69) is 20.3 Å². The number of aromatic amines is 1. The van der Waals surface area contributed by atoms with Crippen LogP contribution in [0, 0.1) is 0 Å². The molecule has 106 valence electrons. The Morgan fingerprint density at radius 3 is 2.67 bits per heavy atom. The lowest BCUT2D eigenvalue weighted by Crippen LogP contribution is -2.23. The Morgan fingerprint density at radius 2 is 1.86 bits per heavy atom. The van der Waals surface area contributed by atoms with Gasteiger partial charge >= 0.3 is 0 Å². The van der Waals surface area contributed by atoms with Gasteiger partial charge in [-0.05, 0) is 24.3 Å². The molecule has 0 aliphatic carbocycles. The van der Waals surface area contributed by atoms with Crippen LogP contribution in [0.25, 0.3) is 11.0 Å². The number of rotatable bonds is 4. The predicted octanol–water partition coefficient (Wildman–Crippen LogP) is 2.53. The third-order valence-electron chi connectivity index (χ3n) is 3.12. The average Bonchev–Trinajstić information content (AvgIpc) is 2.91. The molecule has 0 amide bonds. The summed E-state index contributed by atoms with van der Waals surface area (Å²) in [7, 11) is 0. The molecule has 0 bridgehead atoms. The van der Waals surface area contributed by atoms with Gasteiger partial charge in [-0.25, -0.2) is 4.98 Å². The molecular weight excluding hydrogens is 262 g/mol. The van der Waals surface area contributed by atoms with Crippen LogP contribution in [0.2, 0.25) is 0 Å². The Hall–Kier alpha value is -2.82. The highest BCUT2D eigenvalue weighted by molar-refractivity contribution is 5.92. The van der Waals surface area contributed by atoms with E-state index >= 15 is 0 Å². The first-order valence-corrected chi connectivity index (χ1v) is 6.87. The molecule has 5 heteroatoms. The molecule has 0 saturated carbocycles. The van der Waals surface area contributed by atoms with E-state index in [-0.39, 0.29) is 0 Å². The molecule has 0 saturated heterocycles. The molecule has 1 heterocycles. The van der Waals surface area contributed by atoms with Crippen molar-refractivity contribution < 1.29 is 0 Å². The number of aromatic nitrogens is 2. The van der Waals surface area contributed by atoms with Crippen molar-refractivity contribution in [3.63, 3.8) is 0 Å². The smallest absolute Gasteiger partial charge is 0.193 e. The van der Waals surface area contributed by atoms with Crippen LogP contribution in [0.15, 0.2) is 59.6 Å². The maximum absolute atomic E-state index is 5.85. The summed E-state index contributed by atoms with van der Waals surface area (Å²) in [5.41, 5.74) is 8.81. The van der Waals surface area contributed by atoms with E-state index in [1.807, 2.05) is 54.6 Å². The van der Waals surface area contributed by atoms with E-state index in [9.17, 15) is 0 Å². The highest BCUT2D eigenvalue weighted by atomic mass is 15.1. The Bertz CT molecular complexity index is 712. The normalized spacial score (nSPS) is 11.7. The molecule has 0 aliphatic heterocycles. The highest BCUT2D eigenvalue weighted by Gasteiger charge is 2.01. The van der Waals surface area contributed by atoms with Crippen molar-refractivity contribution in [3.8, 4) is 0 Å². The lowest BCUT2D eigenvalue weighted by atomic mass is 10.3. The fraction of sp³-hybridized carbons (Fsp3) is 0.125. The summed E-state index contributed by atoms with van der Waals surface area (Å²) in [6.07, 6.45) is 0.728. The number of H-pyrrole nitrogens is 1. The van der Waals surface area contributed by atoms with E-state index in [1.165, 1.54) is 0 Å². The van der Waals surface area contributed by atoms with Crippen LogP contribution in [0.3, 0.4) is 0 Å². The number of nitrogens with two attached hydrogens (primary N) is 1. The second kappa shape index (κ2) is 6.09. The van der Waals surface area contributed by atoms with Gasteiger partial charge < -0.3 is 16.0 Å². The lowest BCUT2D eigenvalue weighted by molar-refractivity contribution is 0.898. The molecular formula is C16H17N5. The van der Waals surface area contributed by atoms with Crippen molar-refractivity contribution >= 4 is 22.7 Å². The zero-order valence-electron chi connectivity index (χ0n) is 11.6. The molecule has 0 unspecified atom stereocenters. The SMILES string of the molecule is NC(=NCCc1nc2ccccc2[nH]1)Nc1ccccc1. The van der Waals surface area contributed by atoms with Crippen LogP contribution >= 0.6 is 0 Å². The van der Waals surface area contributed by atoms with Crippen LogP contribution in [0.5, 0.6) is 0 Å². The number of fused-ring (bicyclic) bond motifs is 1. The maximum atomic E-state index is 5.85. The summed E-state index contributed by atoms with van der Waals surface area (Å²) < 4.78 is 0. The highest BCUT2D eigenvalue weighted by Crippen LogP contribution is 2.10. The van der Waals surface area contributed by atoms with Crippen molar-refractivity contribution in [2.75, 3.05) is 11.9 Å². The zero-order valence-corrected chi connectivity index (χ0v) is 11.6. The molecule has 5 nitrogen and oxygen atoms in total. The van der Waals surface area contributed by atoms with Crippen LogP contribution in [-0.4, -0.2) is 22.5 Å². The number of para-hydroxylation sites is 3. The third-order valence-corrected chi connectivity index (χ3v) is 3.12. The molecule has 2 aromatic carbocycles. The van der Waals surface area contributed by atoms with Crippen molar-refractivity contribution in [3.05, 3.63) is 60.4 Å². The van der Waals surface area contributed by atoms with Gasteiger partial charge in [0.1, 0.15) is 5.82 Å². The first kappa shape index (κ1) is 13.2. The molecule has 21 heavy (non-hydrogen) atoms. The summed E-state index contributed by atoms with van der Waals surface area (Å²) in [5, 5.41) is 3.05. The van der Waals surface area contributed by atoms with E-state index in [4.69, 9.17) is 5.73 Å². The van der Waals surface area contributed by atoms with Gasteiger partial charge in [0.15, 0.2) is 5.96 Å². The first-order valence-electron chi connectivity index (χ1n) is 6.87. The fourth-order valence-electron chi connectivity index (χ4n) is 2.12. The number of hydrogen-bond donors (Lipinski definition) is 3. The molecule has 0 radical (unpaired) electrons. The molecule has 3 rings (SSSR count). The van der Waals surface area contributed by atoms with Crippen molar-refractivity contribution in [2.45, 2.75) is 6.42 Å². The van der Waals surface area contributed by atoms with Gasteiger partial charge in [0.2, 0.25) is 0 Å². The number of aliphatic imine (C=N–C) groups is 1. The van der Waals surface area contributed by atoms with Crippen molar-refractivity contribution in [1.82, 2.24) is 9.97 Å². The van der Waals surface area contributed by atoms with Crippen molar-refractivity contribution in [1.29, 1.82) is 0 Å². The summed E-state index contributed by atoms with van der Waals surface area (Å²) in [4.78, 5) is 12.1.